The first kappa shape index (κ1) is 18.3. The molecule has 3 rings (SSSR count). The number of nitrogens with two attached hydrogens (primary N) is 1. The smallest absolute Gasteiger partial charge is 0.310 e. The summed E-state index contributed by atoms with van der Waals surface area (Å²) < 4.78 is 59.9. The molecule has 0 radical (unpaired) electrons. The summed E-state index contributed by atoms with van der Waals surface area (Å²) >= 11 is 0. The number of halogens is 3. The number of aromatic nitrogens is 1. The summed E-state index contributed by atoms with van der Waals surface area (Å²) in [5, 5.41) is 7.51. The molecule has 1 saturated carbocycles. The van der Waals surface area contributed by atoms with Crippen LogP contribution in [0.4, 0.5) is 19.0 Å². The molecule has 0 spiro atoms. The molecule has 3 N–H and O–H groups in total. The summed E-state index contributed by atoms with van der Waals surface area (Å²) in [5.74, 6) is -0.741. The SMILES string of the molecule is NS(=O)(=O)c1ccc([C@H]2C[C@H]2C(=O)Nc2ccc(C(F)(F)F)cn2)cc1. The summed E-state index contributed by atoms with van der Waals surface area (Å²) in [6, 6.07) is 7.87. The van der Waals surface area contributed by atoms with Crippen LogP contribution in [-0.4, -0.2) is 19.3 Å². The molecule has 0 bridgehead atoms. The van der Waals surface area contributed by atoms with Gasteiger partial charge in [-0.2, -0.15) is 13.2 Å². The van der Waals surface area contributed by atoms with Crippen molar-refractivity contribution >= 4 is 21.7 Å². The molecule has 10 heteroatoms. The number of primary sulfonamides is 1. The van der Waals surface area contributed by atoms with Crippen LogP contribution in [0.3, 0.4) is 0 Å². The number of amides is 1. The van der Waals surface area contributed by atoms with Crippen molar-refractivity contribution in [1.82, 2.24) is 4.98 Å². The Kier molecular flexibility index (Phi) is 4.49. The van der Waals surface area contributed by atoms with E-state index in [1.165, 1.54) is 12.1 Å². The van der Waals surface area contributed by atoms with Gasteiger partial charge in [0, 0.05) is 12.1 Å². The van der Waals surface area contributed by atoms with Crippen molar-refractivity contribution in [3.05, 3.63) is 53.7 Å². The zero-order valence-electron chi connectivity index (χ0n) is 13.2. The number of alkyl halides is 3. The van der Waals surface area contributed by atoms with Crippen molar-refractivity contribution in [2.45, 2.75) is 23.4 Å². The summed E-state index contributed by atoms with van der Waals surface area (Å²) in [7, 11) is -3.78. The van der Waals surface area contributed by atoms with Gasteiger partial charge in [-0.05, 0) is 42.2 Å². The fourth-order valence-electron chi connectivity index (χ4n) is 2.61. The van der Waals surface area contributed by atoms with Crippen molar-refractivity contribution in [1.29, 1.82) is 0 Å². The maximum atomic E-state index is 12.5. The second kappa shape index (κ2) is 6.36. The first-order chi connectivity index (χ1) is 12.1. The number of carbonyl (C=O) groups is 1. The Morgan fingerprint density at radius 3 is 2.31 bits per heavy atom. The second-order valence-corrected chi connectivity index (χ2v) is 7.54. The van der Waals surface area contributed by atoms with E-state index in [1.54, 1.807) is 12.1 Å². The van der Waals surface area contributed by atoms with Crippen LogP contribution < -0.4 is 10.5 Å². The predicted molar refractivity (Wildman–Crippen MR) is 86.5 cm³/mol. The molecule has 2 atom stereocenters. The molecule has 0 aliphatic heterocycles. The van der Waals surface area contributed by atoms with E-state index in [4.69, 9.17) is 5.14 Å². The van der Waals surface area contributed by atoms with E-state index in [0.717, 1.165) is 17.7 Å². The molecule has 1 fully saturated rings. The quantitative estimate of drug-likeness (QED) is 0.844. The van der Waals surface area contributed by atoms with Gasteiger partial charge in [-0.15, -0.1) is 0 Å². The van der Waals surface area contributed by atoms with Crippen LogP contribution in [0.15, 0.2) is 47.5 Å². The van der Waals surface area contributed by atoms with Crippen molar-refractivity contribution in [2.75, 3.05) is 5.32 Å². The molecule has 1 aliphatic carbocycles. The number of hydrogen-bond donors (Lipinski definition) is 2. The summed E-state index contributed by atoms with van der Waals surface area (Å²) in [5.41, 5.74) is -0.104. The largest absolute Gasteiger partial charge is 0.417 e. The van der Waals surface area contributed by atoms with Crippen molar-refractivity contribution in [2.24, 2.45) is 11.1 Å². The zero-order valence-corrected chi connectivity index (χ0v) is 14.0. The van der Waals surface area contributed by atoms with Crippen LogP contribution in [0.5, 0.6) is 0 Å². The summed E-state index contributed by atoms with van der Waals surface area (Å²) in [6.07, 6.45) is -3.27. The third kappa shape index (κ3) is 4.02. The molecular formula is C16H14F3N3O3S. The standard InChI is InChI=1S/C16H14F3N3O3S/c17-16(18,19)10-3-6-14(21-8-10)22-15(23)13-7-12(13)9-1-4-11(5-2-9)26(20,24)25/h1-6,8,12-13H,7H2,(H2,20,24,25)(H,21,22,23)/t12-,13-/m1/s1. The predicted octanol–water partition coefficient (Wildman–Crippen LogP) is 2.49. The Balaban J connectivity index is 1.62. The molecule has 1 aliphatic rings. The third-order valence-electron chi connectivity index (χ3n) is 4.11. The molecule has 2 aromatic rings. The van der Waals surface area contributed by atoms with E-state index in [1.807, 2.05) is 0 Å². The van der Waals surface area contributed by atoms with Crippen LogP contribution in [0.2, 0.25) is 0 Å². The first-order valence-corrected chi connectivity index (χ1v) is 9.07. The number of nitrogens with zero attached hydrogens (tertiary/aromatic N) is 1. The van der Waals surface area contributed by atoms with Crippen LogP contribution >= 0.6 is 0 Å². The van der Waals surface area contributed by atoms with E-state index in [-0.39, 0.29) is 28.5 Å². The Labute approximate surface area is 147 Å². The average Bonchev–Trinajstić information content (AvgIpc) is 3.34. The van der Waals surface area contributed by atoms with E-state index in [2.05, 4.69) is 10.3 Å². The topological polar surface area (TPSA) is 102 Å². The number of anilines is 1. The van der Waals surface area contributed by atoms with Gasteiger partial charge in [-0.3, -0.25) is 4.79 Å². The first-order valence-electron chi connectivity index (χ1n) is 7.52. The van der Waals surface area contributed by atoms with Gasteiger partial charge in [0.15, 0.2) is 0 Å². The highest BCUT2D eigenvalue weighted by Gasteiger charge is 2.44. The number of pyridine rings is 1. The Morgan fingerprint density at radius 2 is 1.81 bits per heavy atom. The van der Waals surface area contributed by atoms with Gasteiger partial charge in [0.25, 0.3) is 0 Å². The highest BCUT2D eigenvalue weighted by molar-refractivity contribution is 7.89. The van der Waals surface area contributed by atoms with Gasteiger partial charge in [0.2, 0.25) is 15.9 Å². The number of carbonyl (C=O) groups excluding carboxylic acids is 1. The minimum absolute atomic E-state index is 0.0168. The van der Waals surface area contributed by atoms with Gasteiger partial charge in [0.1, 0.15) is 5.82 Å². The van der Waals surface area contributed by atoms with E-state index >= 15 is 0 Å². The fourth-order valence-corrected chi connectivity index (χ4v) is 3.13. The molecule has 6 nitrogen and oxygen atoms in total. The lowest BCUT2D eigenvalue weighted by atomic mass is 10.1. The minimum atomic E-state index is -4.49. The molecule has 1 aromatic carbocycles. The van der Waals surface area contributed by atoms with E-state index < -0.39 is 21.8 Å². The molecule has 0 unspecified atom stereocenters. The lowest BCUT2D eigenvalue weighted by Crippen LogP contribution is -2.16. The molecule has 1 amide bonds. The van der Waals surface area contributed by atoms with Crippen molar-refractivity contribution in [3.63, 3.8) is 0 Å². The van der Waals surface area contributed by atoms with Crippen LogP contribution in [0.25, 0.3) is 0 Å². The highest BCUT2D eigenvalue weighted by Crippen LogP contribution is 2.48. The normalized spacial score (nSPS) is 19.8. The number of benzene rings is 1. The maximum Gasteiger partial charge on any atom is 0.417 e. The summed E-state index contributed by atoms with van der Waals surface area (Å²) in [4.78, 5) is 15.8. The molecule has 26 heavy (non-hydrogen) atoms. The number of hydrogen-bond acceptors (Lipinski definition) is 4. The van der Waals surface area contributed by atoms with Gasteiger partial charge in [-0.25, -0.2) is 18.5 Å². The lowest BCUT2D eigenvalue weighted by Gasteiger charge is -2.08. The second-order valence-electron chi connectivity index (χ2n) is 5.98. The van der Waals surface area contributed by atoms with Crippen molar-refractivity contribution in [3.8, 4) is 0 Å². The molecule has 138 valence electrons. The minimum Gasteiger partial charge on any atom is -0.310 e. The van der Waals surface area contributed by atoms with Crippen LogP contribution in [-0.2, 0) is 21.0 Å². The van der Waals surface area contributed by atoms with E-state index in [0.29, 0.717) is 12.6 Å². The Morgan fingerprint density at radius 1 is 1.15 bits per heavy atom. The number of nitrogens with one attached hydrogen (secondary N) is 1. The average molecular weight is 385 g/mol. The number of sulfonamides is 1. The number of rotatable bonds is 4. The third-order valence-corrected chi connectivity index (χ3v) is 5.04. The van der Waals surface area contributed by atoms with Crippen LogP contribution in [0, 0.1) is 5.92 Å². The highest BCUT2D eigenvalue weighted by atomic mass is 32.2. The molecule has 1 aromatic heterocycles. The Bertz CT molecular complexity index is 926. The molecule has 0 saturated heterocycles. The summed E-state index contributed by atoms with van der Waals surface area (Å²) in [6.45, 7) is 0. The van der Waals surface area contributed by atoms with E-state index in [9.17, 15) is 26.4 Å². The Hall–Kier alpha value is -2.46. The monoisotopic (exact) mass is 385 g/mol. The van der Waals surface area contributed by atoms with Gasteiger partial charge >= 0.3 is 6.18 Å². The van der Waals surface area contributed by atoms with Crippen LogP contribution in [0.1, 0.15) is 23.5 Å². The lowest BCUT2D eigenvalue weighted by molar-refractivity contribution is -0.137. The van der Waals surface area contributed by atoms with Gasteiger partial charge in [0.05, 0.1) is 10.5 Å². The molecule has 1 heterocycles. The zero-order chi connectivity index (χ0) is 19.1. The van der Waals surface area contributed by atoms with Gasteiger partial charge < -0.3 is 5.32 Å². The fraction of sp³-hybridized carbons (Fsp3) is 0.250. The molecular weight excluding hydrogens is 371 g/mol. The van der Waals surface area contributed by atoms with Crippen molar-refractivity contribution < 1.29 is 26.4 Å². The van der Waals surface area contributed by atoms with Gasteiger partial charge in [-0.1, -0.05) is 12.1 Å². The maximum absolute atomic E-state index is 12.5.